The van der Waals surface area contributed by atoms with Crippen LogP contribution >= 0.6 is 0 Å². The average molecular weight is 611 g/mol. The summed E-state index contributed by atoms with van der Waals surface area (Å²) < 4.78 is 4.41. The maximum absolute atomic E-state index is 10.4. The molecule has 0 amide bonds. The molecule has 0 bridgehead atoms. The van der Waals surface area contributed by atoms with E-state index in [9.17, 15) is 10.5 Å². The lowest BCUT2D eigenvalue weighted by Crippen LogP contribution is -2.01. The number of benzene rings is 7. The largest absolute Gasteiger partial charge is 0.308 e. The van der Waals surface area contributed by atoms with Gasteiger partial charge in [0.05, 0.1) is 44.6 Å². The minimum Gasteiger partial charge on any atom is -0.308 e. The molecule has 4 heteroatoms. The smallest absolute Gasteiger partial charge is 0.101 e. The van der Waals surface area contributed by atoms with E-state index in [1.165, 1.54) is 0 Å². The SMILES string of the molecule is N#Cc1cc(-c2cccc(-c3cccc(C#N)c3-n3c4ccccc4c4ccccc43)c2)ccc1-n1c2ccccc2c2ccccc21. The minimum absolute atomic E-state index is 0.599. The van der Waals surface area contributed by atoms with E-state index >= 15 is 0 Å². The first kappa shape index (κ1) is 27.4. The monoisotopic (exact) mass is 610 g/mol. The van der Waals surface area contributed by atoms with Crippen molar-refractivity contribution in [2.45, 2.75) is 0 Å². The lowest BCUT2D eigenvalue weighted by Gasteiger charge is -2.17. The van der Waals surface area contributed by atoms with Crippen molar-refractivity contribution in [1.82, 2.24) is 9.13 Å². The van der Waals surface area contributed by atoms with Crippen molar-refractivity contribution in [1.29, 1.82) is 10.5 Å². The number of nitrogens with zero attached hydrogens (tertiary/aromatic N) is 4. The second kappa shape index (κ2) is 10.9. The predicted octanol–water partition coefficient (Wildman–Crippen LogP) is 11.0. The summed E-state index contributed by atoms with van der Waals surface area (Å²) in [5, 5.41) is 25.4. The molecule has 0 aliphatic heterocycles. The van der Waals surface area contributed by atoms with Crippen molar-refractivity contribution in [3.63, 3.8) is 0 Å². The van der Waals surface area contributed by atoms with Crippen molar-refractivity contribution in [2.75, 3.05) is 0 Å². The van der Waals surface area contributed by atoms with E-state index in [1.807, 2.05) is 48.5 Å². The molecule has 0 atom stereocenters. The summed E-state index contributed by atoms with van der Waals surface area (Å²) in [5.41, 5.74) is 11.1. The fraction of sp³-hybridized carbons (Fsp3) is 0. The summed E-state index contributed by atoms with van der Waals surface area (Å²) in [4.78, 5) is 0. The molecule has 0 unspecified atom stereocenters. The summed E-state index contributed by atoms with van der Waals surface area (Å²) in [6, 6.07) is 58.8. The van der Waals surface area contributed by atoms with Gasteiger partial charge in [-0.25, -0.2) is 0 Å². The molecule has 0 saturated carbocycles. The molecule has 0 N–H and O–H groups in total. The highest BCUT2D eigenvalue weighted by atomic mass is 15.0. The van der Waals surface area contributed by atoms with E-state index in [0.29, 0.717) is 11.1 Å². The number of hydrogen-bond donors (Lipinski definition) is 0. The van der Waals surface area contributed by atoms with Crippen LogP contribution in [0.15, 0.2) is 158 Å². The van der Waals surface area contributed by atoms with Crippen LogP contribution in [0, 0.1) is 22.7 Å². The van der Waals surface area contributed by atoms with Crippen LogP contribution in [0.2, 0.25) is 0 Å². The Morgan fingerprint density at radius 2 is 0.854 bits per heavy atom. The molecule has 9 rings (SSSR count). The molecule has 9 aromatic rings. The molecule has 0 aliphatic rings. The van der Waals surface area contributed by atoms with Gasteiger partial charge in [0.15, 0.2) is 0 Å². The molecule has 2 aromatic heterocycles. The van der Waals surface area contributed by atoms with Gasteiger partial charge in [0.1, 0.15) is 12.1 Å². The molecule has 48 heavy (non-hydrogen) atoms. The molecular formula is C44H26N4. The number of rotatable bonds is 4. The fourth-order valence-electron chi connectivity index (χ4n) is 7.32. The van der Waals surface area contributed by atoms with Gasteiger partial charge in [-0.2, -0.15) is 10.5 Å². The molecule has 222 valence electrons. The first-order valence-corrected chi connectivity index (χ1v) is 15.9. The molecule has 0 fully saturated rings. The van der Waals surface area contributed by atoms with Gasteiger partial charge in [0, 0.05) is 27.1 Å². The van der Waals surface area contributed by atoms with Gasteiger partial charge in [-0.15, -0.1) is 0 Å². The Hall–Kier alpha value is -6.88. The Morgan fingerprint density at radius 1 is 0.375 bits per heavy atom. The van der Waals surface area contributed by atoms with Crippen LogP contribution < -0.4 is 0 Å². The molecule has 2 heterocycles. The van der Waals surface area contributed by atoms with Crippen LogP contribution in [0.4, 0.5) is 0 Å². The third kappa shape index (κ3) is 4.07. The lowest BCUT2D eigenvalue weighted by molar-refractivity contribution is 1.17. The lowest BCUT2D eigenvalue weighted by atomic mass is 9.95. The first-order valence-electron chi connectivity index (χ1n) is 15.9. The van der Waals surface area contributed by atoms with Gasteiger partial charge in [-0.1, -0.05) is 109 Å². The van der Waals surface area contributed by atoms with Crippen LogP contribution in [0.5, 0.6) is 0 Å². The van der Waals surface area contributed by atoms with E-state index in [-0.39, 0.29) is 0 Å². The quantitative estimate of drug-likeness (QED) is 0.199. The normalized spacial score (nSPS) is 11.3. The van der Waals surface area contributed by atoms with Crippen molar-refractivity contribution in [3.05, 3.63) is 169 Å². The summed E-state index contributed by atoms with van der Waals surface area (Å²) in [6.07, 6.45) is 0. The van der Waals surface area contributed by atoms with Crippen molar-refractivity contribution in [2.24, 2.45) is 0 Å². The van der Waals surface area contributed by atoms with Crippen LogP contribution in [0.1, 0.15) is 11.1 Å². The summed E-state index contributed by atoms with van der Waals surface area (Å²) >= 11 is 0. The van der Waals surface area contributed by atoms with Gasteiger partial charge in [0.2, 0.25) is 0 Å². The van der Waals surface area contributed by atoms with Crippen molar-refractivity contribution >= 4 is 43.6 Å². The number of nitriles is 2. The average Bonchev–Trinajstić information content (AvgIpc) is 3.67. The third-order valence-corrected chi connectivity index (χ3v) is 9.41. The molecular weight excluding hydrogens is 585 g/mol. The summed E-state index contributed by atoms with van der Waals surface area (Å²) in [6.45, 7) is 0. The van der Waals surface area contributed by atoms with Gasteiger partial charge in [-0.05, 0) is 65.2 Å². The highest BCUT2D eigenvalue weighted by Gasteiger charge is 2.19. The zero-order valence-electron chi connectivity index (χ0n) is 25.8. The van der Waals surface area contributed by atoms with Gasteiger partial charge in [-0.3, -0.25) is 0 Å². The zero-order valence-corrected chi connectivity index (χ0v) is 25.8. The molecule has 0 saturated heterocycles. The predicted molar refractivity (Wildman–Crippen MR) is 195 cm³/mol. The highest BCUT2D eigenvalue weighted by Crippen LogP contribution is 2.39. The number of para-hydroxylation sites is 5. The fourth-order valence-corrected chi connectivity index (χ4v) is 7.32. The van der Waals surface area contributed by atoms with Crippen LogP contribution in [-0.4, -0.2) is 9.13 Å². The van der Waals surface area contributed by atoms with Crippen molar-refractivity contribution in [3.8, 4) is 45.8 Å². The highest BCUT2D eigenvalue weighted by molar-refractivity contribution is 6.11. The van der Waals surface area contributed by atoms with E-state index in [4.69, 9.17) is 0 Å². The van der Waals surface area contributed by atoms with E-state index in [2.05, 4.69) is 130 Å². The number of hydrogen-bond acceptors (Lipinski definition) is 2. The standard InChI is InChI=1S/C44H26N4/c45-27-32-13-10-18-34(44(32)48-42-21-7-3-16-37(42)38-17-4-8-22-43(38)48)31-12-9-11-29(25-31)30-23-24-39(33(26-30)28-46)47-40-19-5-1-14-35(40)36-15-2-6-20-41(36)47/h1-26H. The second-order valence-corrected chi connectivity index (χ2v) is 12.0. The Labute approximate surface area is 277 Å². The zero-order chi connectivity index (χ0) is 32.2. The molecule has 4 nitrogen and oxygen atoms in total. The third-order valence-electron chi connectivity index (χ3n) is 9.41. The topological polar surface area (TPSA) is 57.4 Å². The van der Waals surface area contributed by atoms with Crippen LogP contribution in [-0.2, 0) is 0 Å². The minimum atomic E-state index is 0.599. The Balaban J connectivity index is 1.22. The maximum atomic E-state index is 10.4. The number of aromatic nitrogens is 2. The van der Waals surface area contributed by atoms with E-state index in [1.54, 1.807) is 0 Å². The Morgan fingerprint density at radius 3 is 1.42 bits per heavy atom. The van der Waals surface area contributed by atoms with Gasteiger partial charge < -0.3 is 9.13 Å². The summed E-state index contributed by atoms with van der Waals surface area (Å²) in [7, 11) is 0. The van der Waals surface area contributed by atoms with E-state index in [0.717, 1.165) is 77.2 Å². The summed E-state index contributed by atoms with van der Waals surface area (Å²) in [5.74, 6) is 0. The molecule has 7 aromatic carbocycles. The van der Waals surface area contributed by atoms with E-state index < -0.39 is 0 Å². The first-order chi connectivity index (χ1) is 23.7. The maximum Gasteiger partial charge on any atom is 0.101 e. The second-order valence-electron chi connectivity index (χ2n) is 12.0. The molecule has 0 aliphatic carbocycles. The molecule has 0 radical (unpaired) electrons. The van der Waals surface area contributed by atoms with Crippen LogP contribution in [0.3, 0.4) is 0 Å². The van der Waals surface area contributed by atoms with Crippen LogP contribution in [0.25, 0.3) is 77.2 Å². The van der Waals surface area contributed by atoms with Crippen molar-refractivity contribution < 1.29 is 0 Å². The number of fused-ring (bicyclic) bond motifs is 6. The van der Waals surface area contributed by atoms with Gasteiger partial charge >= 0.3 is 0 Å². The Bertz CT molecular complexity index is 2710. The molecule has 0 spiro atoms. The van der Waals surface area contributed by atoms with Gasteiger partial charge in [0.25, 0.3) is 0 Å². The Kier molecular flexibility index (Phi) is 6.22.